The molecule has 2 atom stereocenters. The zero-order chi connectivity index (χ0) is 13.2. The highest BCUT2D eigenvalue weighted by molar-refractivity contribution is 5.79. The number of aldehydes is 1. The zero-order valence-electron chi connectivity index (χ0n) is 11.2. The highest BCUT2D eigenvalue weighted by atomic mass is 16.7. The van der Waals surface area contributed by atoms with Crippen LogP contribution in [0.15, 0.2) is 0 Å². The van der Waals surface area contributed by atoms with Gasteiger partial charge in [-0.25, -0.2) is 0 Å². The molecule has 0 unspecified atom stereocenters. The highest BCUT2D eigenvalue weighted by Gasteiger charge is 2.59. The van der Waals surface area contributed by atoms with Gasteiger partial charge in [0.05, 0.1) is 13.2 Å². The lowest BCUT2D eigenvalue weighted by Crippen LogP contribution is -2.56. The Bertz CT molecular complexity index is 333. The van der Waals surface area contributed by atoms with Gasteiger partial charge in [-0.1, -0.05) is 6.92 Å². The first-order valence-corrected chi connectivity index (χ1v) is 6.78. The third-order valence-corrected chi connectivity index (χ3v) is 4.66. The molecule has 0 bridgehead atoms. The van der Waals surface area contributed by atoms with Gasteiger partial charge < -0.3 is 14.3 Å². The van der Waals surface area contributed by atoms with Crippen molar-refractivity contribution < 1.29 is 19.1 Å². The van der Waals surface area contributed by atoms with Crippen molar-refractivity contribution in [3.8, 4) is 0 Å². The van der Waals surface area contributed by atoms with Gasteiger partial charge in [-0.05, 0) is 26.2 Å². The minimum atomic E-state index is -0.648. The molecule has 102 valence electrons. The highest BCUT2D eigenvalue weighted by Crippen LogP contribution is 2.54. The molecule has 2 rings (SSSR count). The number of ether oxygens (including phenoxy) is 2. The number of carbonyl (C=O) groups is 2. The molecule has 0 amide bonds. The van der Waals surface area contributed by atoms with Gasteiger partial charge >= 0.3 is 0 Å². The van der Waals surface area contributed by atoms with Crippen molar-refractivity contribution in [1.82, 2.24) is 0 Å². The first-order chi connectivity index (χ1) is 8.56. The molecular weight excluding hydrogens is 232 g/mol. The standard InChI is InChI=1S/C14H22O4/c1-11(16)12-5-3-7-14(17-9-10-18-14)13(12,2)6-4-8-15/h8,12H,3-7,9-10H2,1-2H3/t12-,13-/m0/s1. The number of carbonyl (C=O) groups excluding carboxylic acids is 2. The predicted octanol–water partition coefficient (Wildman–Crippen LogP) is 2.10. The molecule has 4 nitrogen and oxygen atoms in total. The molecule has 4 heteroatoms. The second-order valence-corrected chi connectivity index (χ2v) is 5.63. The van der Waals surface area contributed by atoms with Gasteiger partial charge in [0, 0.05) is 24.2 Å². The van der Waals surface area contributed by atoms with Gasteiger partial charge in [0.15, 0.2) is 5.79 Å². The van der Waals surface area contributed by atoms with Gasteiger partial charge in [-0.2, -0.15) is 0 Å². The molecule has 1 saturated heterocycles. The Kier molecular flexibility index (Phi) is 3.87. The summed E-state index contributed by atoms with van der Waals surface area (Å²) in [6.45, 7) is 4.85. The van der Waals surface area contributed by atoms with E-state index in [1.807, 2.05) is 6.92 Å². The van der Waals surface area contributed by atoms with E-state index in [1.54, 1.807) is 6.92 Å². The molecule has 1 aliphatic carbocycles. The molecule has 1 saturated carbocycles. The van der Waals surface area contributed by atoms with Gasteiger partial charge in [0.1, 0.15) is 12.1 Å². The number of hydrogen-bond donors (Lipinski definition) is 0. The average Bonchev–Trinajstić information content (AvgIpc) is 2.80. The van der Waals surface area contributed by atoms with Crippen LogP contribution in [0.3, 0.4) is 0 Å². The van der Waals surface area contributed by atoms with Gasteiger partial charge in [-0.3, -0.25) is 4.79 Å². The van der Waals surface area contributed by atoms with Crippen LogP contribution in [0.25, 0.3) is 0 Å². The van der Waals surface area contributed by atoms with E-state index >= 15 is 0 Å². The fourth-order valence-corrected chi connectivity index (χ4v) is 3.71. The maximum Gasteiger partial charge on any atom is 0.174 e. The number of rotatable bonds is 4. The smallest absolute Gasteiger partial charge is 0.174 e. The topological polar surface area (TPSA) is 52.6 Å². The second-order valence-electron chi connectivity index (χ2n) is 5.63. The van der Waals surface area contributed by atoms with Crippen LogP contribution in [0.4, 0.5) is 0 Å². The zero-order valence-corrected chi connectivity index (χ0v) is 11.2. The van der Waals surface area contributed by atoms with E-state index in [9.17, 15) is 9.59 Å². The maximum atomic E-state index is 11.9. The average molecular weight is 254 g/mol. The molecule has 1 spiro atoms. The van der Waals surface area contributed by atoms with Crippen molar-refractivity contribution in [3.05, 3.63) is 0 Å². The lowest BCUT2D eigenvalue weighted by molar-refractivity contribution is -0.266. The fraction of sp³-hybridized carbons (Fsp3) is 0.857. The van der Waals surface area contributed by atoms with Crippen LogP contribution in [-0.2, 0) is 19.1 Å². The van der Waals surface area contributed by atoms with Crippen molar-refractivity contribution in [3.63, 3.8) is 0 Å². The normalized spacial score (nSPS) is 34.7. The first-order valence-electron chi connectivity index (χ1n) is 6.78. The number of ketones is 1. The van der Waals surface area contributed by atoms with Crippen LogP contribution in [0.1, 0.15) is 46.0 Å². The van der Waals surface area contributed by atoms with Crippen LogP contribution in [0, 0.1) is 11.3 Å². The van der Waals surface area contributed by atoms with E-state index in [4.69, 9.17) is 9.47 Å². The number of Topliss-reactive ketones (excluding diaryl/α,β-unsaturated/α-hetero) is 1. The Morgan fingerprint density at radius 1 is 1.39 bits per heavy atom. The van der Waals surface area contributed by atoms with E-state index < -0.39 is 5.79 Å². The van der Waals surface area contributed by atoms with Crippen LogP contribution >= 0.6 is 0 Å². The lowest BCUT2D eigenvalue weighted by Gasteiger charge is -2.51. The Morgan fingerprint density at radius 3 is 2.61 bits per heavy atom. The van der Waals surface area contributed by atoms with E-state index in [-0.39, 0.29) is 17.1 Å². The Balaban J connectivity index is 2.32. The first kappa shape index (κ1) is 13.7. The van der Waals surface area contributed by atoms with Crippen LogP contribution in [0.2, 0.25) is 0 Å². The quantitative estimate of drug-likeness (QED) is 0.721. The van der Waals surface area contributed by atoms with Gasteiger partial charge in [0.25, 0.3) is 0 Å². The third-order valence-electron chi connectivity index (χ3n) is 4.66. The summed E-state index contributed by atoms with van der Waals surface area (Å²) in [5.41, 5.74) is -0.380. The number of hydrogen-bond acceptors (Lipinski definition) is 4. The van der Waals surface area contributed by atoms with Crippen LogP contribution < -0.4 is 0 Å². The van der Waals surface area contributed by atoms with Crippen molar-refractivity contribution in [2.24, 2.45) is 11.3 Å². The SMILES string of the molecule is CC(=O)[C@@H]1CCCC2(OCCO2)[C@@]1(C)CCC=O. The summed E-state index contributed by atoms with van der Waals surface area (Å²) < 4.78 is 11.8. The van der Waals surface area contributed by atoms with Crippen molar-refractivity contribution >= 4 is 12.1 Å². The van der Waals surface area contributed by atoms with Crippen molar-refractivity contribution in [2.45, 2.75) is 51.7 Å². The molecular formula is C14H22O4. The molecule has 0 aromatic carbocycles. The summed E-state index contributed by atoms with van der Waals surface area (Å²) in [4.78, 5) is 22.6. The molecule has 18 heavy (non-hydrogen) atoms. The molecule has 0 radical (unpaired) electrons. The van der Waals surface area contributed by atoms with Crippen molar-refractivity contribution in [1.29, 1.82) is 0 Å². The monoisotopic (exact) mass is 254 g/mol. The van der Waals surface area contributed by atoms with Crippen LogP contribution in [-0.4, -0.2) is 31.1 Å². The molecule has 2 fully saturated rings. The van der Waals surface area contributed by atoms with Crippen LogP contribution in [0.5, 0.6) is 0 Å². The molecule has 0 N–H and O–H groups in total. The second kappa shape index (κ2) is 5.10. The third kappa shape index (κ3) is 2.01. The Hall–Kier alpha value is -0.740. The van der Waals surface area contributed by atoms with Gasteiger partial charge in [0.2, 0.25) is 0 Å². The molecule has 1 aliphatic heterocycles. The largest absolute Gasteiger partial charge is 0.347 e. The predicted molar refractivity (Wildman–Crippen MR) is 66.1 cm³/mol. The summed E-state index contributed by atoms with van der Waals surface area (Å²) in [5, 5.41) is 0. The maximum absolute atomic E-state index is 11.9. The fourth-order valence-electron chi connectivity index (χ4n) is 3.71. The van der Waals surface area contributed by atoms with E-state index in [0.717, 1.165) is 25.5 Å². The molecule has 1 heterocycles. The molecule has 0 aromatic heterocycles. The minimum Gasteiger partial charge on any atom is -0.347 e. The van der Waals surface area contributed by atoms with Crippen molar-refractivity contribution in [2.75, 3.05) is 13.2 Å². The lowest BCUT2D eigenvalue weighted by atomic mass is 9.60. The summed E-state index contributed by atoms with van der Waals surface area (Å²) >= 11 is 0. The summed E-state index contributed by atoms with van der Waals surface area (Å²) in [6.07, 6.45) is 4.67. The molecule has 0 aromatic rings. The Morgan fingerprint density at radius 2 is 2.06 bits per heavy atom. The summed E-state index contributed by atoms with van der Waals surface area (Å²) in [6, 6.07) is 0. The Labute approximate surface area is 108 Å². The summed E-state index contributed by atoms with van der Waals surface area (Å²) in [5.74, 6) is -0.532. The van der Waals surface area contributed by atoms with E-state index in [0.29, 0.717) is 26.1 Å². The molecule has 2 aliphatic rings. The van der Waals surface area contributed by atoms with E-state index in [1.165, 1.54) is 0 Å². The van der Waals surface area contributed by atoms with Gasteiger partial charge in [-0.15, -0.1) is 0 Å². The minimum absolute atomic E-state index is 0.0655. The van der Waals surface area contributed by atoms with E-state index in [2.05, 4.69) is 0 Å². The summed E-state index contributed by atoms with van der Waals surface area (Å²) in [7, 11) is 0.